The maximum absolute atomic E-state index is 3.66. The Morgan fingerprint density at radius 2 is 1.32 bits per heavy atom. The van der Waals surface area contributed by atoms with E-state index >= 15 is 0 Å². The zero-order chi connectivity index (χ0) is 16.6. The standard InChI is InChI=1S/C25H29/c1-3-7-18(8-4-1)20-11-13-22-15-23-14-12-21(17-25(23)24(22)16-20)19-9-5-2-6-10-19/h11-13,16-19H,1-10,15H2. The smallest absolute Gasteiger partial charge is 0.000728 e. The zero-order valence-electron chi connectivity index (χ0n) is 15.3. The molecule has 0 aliphatic heterocycles. The molecule has 0 heterocycles. The van der Waals surface area contributed by atoms with Gasteiger partial charge in [-0.25, -0.2) is 0 Å². The molecule has 0 unspecified atom stereocenters. The van der Waals surface area contributed by atoms with Gasteiger partial charge in [0.25, 0.3) is 0 Å². The van der Waals surface area contributed by atoms with Gasteiger partial charge in [0.1, 0.15) is 0 Å². The lowest BCUT2D eigenvalue weighted by atomic mass is 9.82. The summed E-state index contributed by atoms with van der Waals surface area (Å²) < 4.78 is 0. The molecule has 25 heavy (non-hydrogen) atoms. The summed E-state index contributed by atoms with van der Waals surface area (Å²) in [7, 11) is 0. The molecule has 0 saturated heterocycles. The first-order chi connectivity index (χ1) is 12.4. The van der Waals surface area contributed by atoms with E-state index in [1.54, 1.807) is 11.1 Å². The van der Waals surface area contributed by atoms with Gasteiger partial charge in [-0.05, 0) is 83.4 Å². The van der Waals surface area contributed by atoms with Crippen molar-refractivity contribution in [3.8, 4) is 11.1 Å². The zero-order valence-corrected chi connectivity index (χ0v) is 15.3. The maximum atomic E-state index is 3.66. The minimum absolute atomic E-state index is 0.779. The number of fused-ring (bicyclic) bond motifs is 3. The van der Waals surface area contributed by atoms with Crippen LogP contribution in [0.3, 0.4) is 0 Å². The molecular weight excluding hydrogens is 300 g/mol. The number of hydrogen-bond acceptors (Lipinski definition) is 0. The molecule has 3 aliphatic carbocycles. The molecule has 0 bridgehead atoms. The SMILES string of the molecule is [c]1cc(C2CCCCC2)cc2c1Cc1ccc(C3CCCCC3)cc1-2. The third kappa shape index (κ3) is 2.94. The van der Waals surface area contributed by atoms with Crippen LogP contribution in [-0.2, 0) is 6.42 Å². The fourth-order valence-electron chi connectivity index (χ4n) is 5.48. The summed E-state index contributed by atoms with van der Waals surface area (Å²) in [5.41, 5.74) is 9.11. The highest BCUT2D eigenvalue weighted by Crippen LogP contribution is 2.42. The molecule has 129 valence electrons. The molecule has 0 spiro atoms. The van der Waals surface area contributed by atoms with Crippen LogP contribution in [0.1, 0.15) is 98.3 Å². The van der Waals surface area contributed by atoms with Gasteiger partial charge in [0.05, 0.1) is 0 Å². The van der Waals surface area contributed by atoms with Gasteiger partial charge in [-0.15, -0.1) is 0 Å². The Morgan fingerprint density at radius 1 is 0.680 bits per heavy atom. The van der Waals surface area contributed by atoms with Crippen LogP contribution in [0, 0.1) is 6.07 Å². The van der Waals surface area contributed by atoms with Crippen molar-refractivity contribution < 1.29 is 0 Å². The summed E-state index contributed by atoms with van der Waals surface area (Å²) >= 11 is 0. The van der Waals surface area contributed by atoms with E-state index in [0.717, 1.165) is 18.3 Å². The molecule has 2 aromatic carbocycles. The lowest BCUT2D eigenvalue weighted by Gasteiger charge is -2.23. The minimum atomic E-state index is 0.779. The summed E-state index contributed by atoms with van der Waals surface area (Å²) in [4.78, 5) is 0. The lowest BCUT2D eigenvalue weighted by Crippen LogP contribution is -2.05. The fourth-order valence-corrected chi connectivity index (χ4v) is 5.48. The number of hydrogen-bond donors (Lipinski definition) is 0. The van der Waals surface area contributed by atoms with Crippen LogP contribution in [0.2, 0.25) is 0 Å². The van der Waals surface area contributed by atoms with E-state index in [1.165, 1.54) is 86.5 Å². The van der Waals surface area contributed by atoms with E-state index in [4.69, 9.17) is 0 Å². The first-order valence-electron chi connectivity index (χ1n) is 10.6. The van der Waals surface area contributed by atoms with Crippen LogP contribution in [0.4, 0.5) is 0 Å². The van der Waals surface area contributed by atoms with Crippen molar-refractivity contribution in [2.24, 2.45) is 0 Å². The normalized spacial score (nSPS) is 21.1. The van der Waals surface area contributed by atoms with Crippen molar-refractivity contribution in [1.82, 2.24) is 0 Å². The average molecular weight is 330 g/mol. The molecule has 5 rings (SSSR count). The van der Waals surface area contributed by atoms with Crippen molar-refractivity contribution >= 4 is 0 Å². The highest BCUT2D eigenvalue weighted by atomic mass is 14.3. The van der Waals surface area contributed by atoms with E-state index in [9.17, 15) is 0 Å². The van der Waals surface area contributed by atoms with Crippen LogP contribution in [0.25, 0.3) is 11.1 Å². The lowest BCUT2D eigenvalue weighted by molar-refractivity contribution is 0.443. The minimum Gasteiger partial charge on any atom is -0.0584 e. The van der Waals surface area contributed by atoms with Gasteiger partial charge in [-0.1, -0.05) is 68.9 Å². The molecule has 2 aromatic rings. The predicted molar refractivity (Wildman–Crippen MR) is 105 cm³/mol. The molecule has 3 aliphatic rings. The molecule has 0 N–H and O–H groups in total. The summed E-state index contributed by atoms with van der Waals surface area (Å²) in [5.74, 6) is 1.58. The average Bonchev–Trinajstić information content (AvgIpc) is 3.06. The van der Waals surface area contributed by atoms with E-state index < -0.39 is 0 Å². The Kier molecular flexibility index (Phi) is 4.16. The van der Waals surface area contributed by atoms with E-state index in [-0.39, 0.29) is 0 Å². The van der Waals surface area contributed by atoms with Crippen LogP contribution < -0.4 is 0 Å². The molecule has 1 radical (unpaired) electrons. The first-order valence-corrected chi connectivity index (χ1v) is 10.6. The van der Waals surface area contributed by atoms with Crippen LogP contribution in [-0.4, -0.2) is 0 Å². The number of rotatable bonds is 2. The Balaban J connectivity index is 1.49. The molecule has 0 amide bonds. The van der Waals surface area contributed by atoms with E-state index in [0.29, 0.717) is 0 Å². The fraction of sp³-hybridized carbons (Fsp3) is 0.520. The Morgan fingerprint density at radius 3 is 2.04 bits per heavy atom. The van der Waals surface area contributed by atoms with Gasteiger partial charge >= 0.3 is 0 Å². The molecule has 0 heteroatoms. The maximum Gasteiger partial charge on any atom is -0.000728 e. The molecule has 0 aromatic heterocycles. The summed E-state index contributed by atoms with van der Waals surface area (Å²) in [5, 5.41) is 0. The van der Waals surface area contributed by atoms with Gasteiger partial charge in [-0.3, -0.25) is 0 Å². The highest BCUT2D eigenvalue weighted by molar-refractivity contribution is 5.77. The van der Waals surface area contributed by atoms with Gasteiger partial charge in [0.15, 0.2) is 0 Å². The Bertz CT molecular complexity index is 692. The molecule has 2 saturated carbocycles. The molecule has 0 nitrogen and oxygen atoms in total. The second kappa shape index (κ2) is 6.63. The largest absolute Gasteiger partial charge is 0.0584 e. The van der Waals surface area contributed by atoms with Crippen LogP contribution >= 0.6 is 0 Å². The topological polar surface area (TPSA) is 0 Å². The quantitative estimate of drug-likeness (QED) is 0.468. The molecule has 2 fully saturated rings. The van der Waals surface area contributed by atoms with Crippen molar-refractivity contribution in [2.75, 3.05) is 0 Å². The van der Waals surface area contributed by atoms with E-state index in [1.807, 2.05) is 0 Å². The van der Waals surface area contributed by atoms with Crippen molar-refractivity contribution in [3.05, 3.63) is 58.7 Å². The molecule has 0 atom stereocenters. The van der Waals surface area contributed by atoms with Crippen molar-refractivity contribution in [1.29, 1.82) is 0 Å². The van der Waals surface area contributed by atoms with E-state index in [2.05, 4.69) is 36.4 Å². The first kappa shape index (κ1) is 15.7. The second-order valence-electron chi connectivity index (χ2n) is 8.59. The van der Waals surface area contributed by atoms with Gasteiger partial charge in [-0.2, -0.15) is 0 Å². The van der Waals surface area contributed by atoms with Gasteiger partial charge < -0.3 is 0 Å². The Labute approximate surface area is 152 Å². The second-order valence-corrected chi connectivity index (χ2v) is 8.59. The highest BCUT2D eigenvalue weighted by Gasteiger charge is 2.24. The van der Waals surface area contributed by atoms with Crippen LogP contribution in [0.15, 0.2) is 30.3 Å². The summed E-state index contributed by atoms with van der Waals surface area (Å²) in [6.07, 6.45) is 15.1. The van der Waals surface area contributed by atoms with Gasteiger partial charge in [0, 0.05) is 0 Å². The predicted octanol–water partition coefficient (Wildman–Crippen LogP) is 7.15. The summed E-state index contributed by atoms with van der Waals surface area (Å²) in [6.45, 7) is 0. The Hall–Kier alpha value is -1.56. The van der Waals surface area contributed by atoms with Crippen LogP contribution in [0.5, 0.6) is 0 Å². The third-order valence-electron chi connectivity index (χ3n) is 6.99. The summed E-state index contributed by atoms with van der Waals surface area (Å²) in [6, 6.07) is 15.9. The van der Waals surface area contributed by atoms with Crippen molar-refractivity contribution in [3.63, 3.8) is 0 Å². The van der Waals surface area contributed by atoms with Gasteiger partial charge in [0.2, 0.25) is 0 Å². The van der Waals surface area contributed by atoms with Crippen molar-refractivity contribution in [2.45, 2.75) is 82.5 Å². The molecular formula is C25H29. The monoisotopic (exact) mass is 329 g/mol. The third-order valence-corrected chi connectivity index (χ3v) is 6.99. The number of benzene rings is 2.